The molecule has 0 spiro atoms. The van der Waals surface area contributed by atoms with Crippen LogP contribution in [0.5, 0.6) is 5.75 Å². The highest BCUT2D eigenvalue weighted by Gasteiger charge is 2.23. The molecule has 0 fully saturated rings. The average Bonchev–Trinajstić information content (AvgIpc) is 2.63. The summed E-state index contributed by atoms with van der Waals surface area (Å²) >= 11 is 7.69. The van der Waals surface area contributed by atoms with Crippen molar-refractivity contribution in [3.8, 4) is 5.75 Å². The fourth-order valence-electron chi connectivity index (χ4n) is 1.06. The Morgan fingerprint density at radius 3 is 2.56 bits per heavy atom. The van der Waals surface area contributed by atoms with Gasteiger partial charge in [-0.1, -0.05) is 0 Å². The molecule has 18 heavy (non-hydrogen) atoms. The molecule has 0 amide bonds. The van der Waals surface area contributed by atoms with Crippen molar-refractivity contribution < 1.29 is 23.8 Å². The summed E-state index contributed by atoms with van der Waals surface area (Å²) in [4.78, 5) is 23.0. The molecule has 0 bridgehead atoms. The van der Waals surface area contributed by atoms with E-state index in [9.17, 15) is 9.59 Å². The predicted molar refractivity (Wildman–Crippen MR) is 73.2 cm³/mol. The zero-order chi connectivity index (χ0) is 13.7. The van der Waals surface area contributed by atoms with Gasteiger partial charge in [-0.05, 0) is 38.8 Å². The van der Waals surface area contributed by atoms with Crippen molar-refractivity contribution in [1.82, 2.24) is 0 Å². The van der Waals surface area contributed by atoms with Crippen molar-refractivity contribution in [3.63, 3.8) is 0 Å². The number of thiophene rings is 1. The lowest BCUT2D eigenvalue weighted by Gasteiger charge is -2.06. The Hall–Kier alpha value is -0.600. The highest BCUT2D eigenvalue weighted by Crippen LogP contribution is 2.43. The number of hydrogen-bond donors (Lipinski definition) is 0. The Morgan fingerprint density at radius 2 is 2.00 bits per heavy atom. The maximum Gasteiger partial charge on any atom is 0.351 e. The van der Waals surface area contributed by atoms with Crippen molar-refractivity contribution in [2.24, 2.45) is 0 Å². The zero-order valence-electron chi connectivity index (χ0n) is 9.62. The Balaban J connectivity index is 2.86. The smallest absolute Gasteiger partial charge is 0.351 e. The number of hydrogen-bond acceptors (Lipinski definition) is 6. The second kappa shape index (κ2) is 7.10. The van der Waals surface area contributed by atoms with E-state index in [-0.39, 0.29) is 23.8 Å². The number of esters is 2. The van der Waals surface area contributed by atoms with Crippen molar-refractivity contribution in [3.05, 3.63) is 13.1 Å². The summed E-state index contributed by atoms with van der Waals surface area (Å²) in [6, 6.07) is 0. The van der Waals surface area contributed by atoms with Crippen molar-refractivity contribution in [1.29, 1.82) is 0 Å². The minimum atomic E-state index is -0.523. The van der Waals surface area contributed by atoms with Gasteiger partial charge in [-0.2, -0.15) is 0 Å². The molecule has 0 N–H and O–H groups in total. The largest absolute Gasteiger partial charge is 0.479 e. The minimum absolute atomic E-state index is 0.264. The first-order chi connectivity index (χ1) is 8.51. The summed E-state index contributed by atoms with van der Waals surface area (Å²) in [7, 11) is 1.28. The van der Waals surface area contributed by atoms with Crippen LogP contribution in [0.1, 0.15) is 16.6 Å². The third kappa shape index (κ3) is 3.69. The number of carbonyl (C=O) groups excluding carboxylic acids is 2. The maximum atomic E-state index is 11.5. The van der Waals surface area contributed by atoms with E-state index in [2.05, 4.69) is 36.6 Å². The predicted octanol–water partition coefficient (Wildman–Crippen LogP) is 3.00. The Kier molecular flexibility index (Phi) is 6.10. The van der Waals surface area contributed by atoms with Crippen LogP contribution in [0.4, 0.5) is 0 Å². The first kappa shape index (κ1) is 15.5. The Bertz CT molecular complexity index is 457. The van der Waals surface area contributed by atoms with Crippen LogP contribution in [-0.2, 0) is 14.3 Å². The number of methoxy groups -OCH3 is 1. The maximum absolute atomic E-state index is 11.5. The molecule has 0 unspecified atom stereocenters. The molecular formula is C10H10Br2O5S. The number of carbonyl (C=O) groups is 2. The van der Waals surface area contributed by atoms with Crippen LogP contribution in [0.3, 0.4) is 0 Å². The van der Waals surface area contributed by atoms with Crippen LogP contribution in [0.25, 0.3) is 0 Å². The van der Waals surface area contributed by atoms with E-state index in [0.29, 0.717) is 8.26 Å². The van der Waals surface area contributed by atoms with Crippen LogP contribution in [0, 0.1) is 0 Å². The van der Waals surface area contributed by atoms with Gasteiger partial charge in [0, 0.05) is 0 Å². The number of rotatable bonds is 5. The molecule has 0 saturated heterocycles. The lowest BCUT2D eigenvalue weighted by molar-refractivity contribution is -0.145. The van der Waals surface area contributed by atoms with E-state index >= 15 is 0 Å². The van der Waals surface area contributed by atoms with Gasteiger partial charge >= 0.3 is 11.9 Å². The van der Waals surface area contributed by atoms with Gasteiger partial charge in [0.1, 0.15) is 0 Å². The van der Waals surface area contributed by atoms with Gasteiger partial charge in [-0.25, -0.2) is 9.59 Å². The van der Waals surface area contributed by atoms with Gasteiger partial charge in [0.2, 0.25) is 0 Å². The molecule has 100 valence electrons. The molecule has 0 aliphatic heterocycles. The van der Waals surface area contributed by atoms with Crippen molar-refractivity contribution >= 4 is 55.1 Å². The molecule has 1 heterocycles. The fraction of sp³-hybridized carbons (Fsp3) is 0.400. The molecule has 0 atom stereocenters. The Morgan fingerprint density at radius 1 is 1.33 bits per heavy atom. The second-order valence-corrected chi connectivity index (χ2v) is 6.06. The van der Waals surface area contributed by atoms with Gasteiger partial charge < -0.3 is 14.2 Å². The summed E-state index contributed by atoms with van der Waals surface area (Å²) in [5, 5.41) is 0. The third-order valence-electron chi connectivity index (χ3n) is 1.78. The van der Waals surface area contributed by atoms with Crippen LogP contribution >= 0.6 is 43.2 Å². The zero-order valence-corrected chi connectivity index (χ0v) is 13.6. The molecule has 5 nitrogen and oxygen atoms in total. The molecule has 1 aromatic rings. The standard InChI is InChI=1S/C10H10Br2O5S/c1-3-16-5(13)4-17-7-6(11)9(12)18-8(7)10(14)15-2/h3-4H2,1-2H3. The summed E-state index contributed by atoms with van der Waals surface area (Å²) in [6.45, 7) is 1.72. The van der Waals surface area contributed by atoms with Gasteiger partial charge in [0.15, 0.2) is 17.2 Å². The lowest BCUT2D eigenvalue weighted by Crippen LogP contribution is -2.15. The molecule has 8 heteroatoms. The van der Waals surface area contributed by atoms with Gasteiger partial charge in [0.05, 0.1) is 22.0 Å². The minimum Gasteiger partial charge on any atom is -0.479 e. The van der Waals surface area contributed by atoms with E-state index < -0.39 is 11.9 Å². The summed E-state index contributed by atoms with van der Waals surface area (Å²) in [6.07, 6.45) is 0. The SMILES string of the molecule is CCOC(=O)COc1c(C(=O)OC)sc(Br)c1Br. The molecule has 1 rings (SSSR count). The van der Waals surface area contributed by atoms with Crippen LogP contribution < -0.4 is 4.74 Å². The van der Waals surface area contributed by atoms with Crippen molar-refractivity contribution in [2.75, 3.05) is 20.3 Å². The monoisotopic (exact) mass is 400 g/mol. The molecule has 0 radical (unpaired) electrons. The van der Waals surface area contributed by atoms with Crippen LogP contribution in [0.15, 0.2) is 8.26 Å². The van der Waals surface area contributed by atoms with Crippen LogP contribution in [0.2, 0.25) is 0 Å². The quantitative estimate of drug-likeness (QED) is 0.709. The number of ether oxygens (including phenoxy) is 3. The van der Waals surface area contributed by atoms with E-state index in [4.69, 9.17) is 9.47 Å². The highest BCUT2D eigenvalue weighted by atomic mass is 79.9. The number of halogens is 2. The van der Waals surface area contributed by atoms with E-state index in [1.54, 1.807) is 6.92 Å². The second-order valence-electron chi connectivity index (χ2n) is 2.93. The summed E-state index contributed by atoms with van der Waals surface area (Å²) in [5.41, 5.74) is 0. The lowest BCUT2D eigenvalue weighted by atomic mass is 10.4. The van der Waals surface area contributed by atoms with Gasteiger partial charge in [0.25, 0.3) is 0 Å². The van der Waals surface area contributed by atoms with E-state index in [0.717, 1.165) is 11.3 Å². The normalized spacial score (nSPS) is 10.0. The molecule has 0 aromatic carbocycles. The highest BCUT2D eigenvalue weighted by molar-refractivity contribution is 9.13. The molecule has 0 aliphatic carbocycles. The molecule has 0 saturated carbocycles. The Labute approximate surface area is 125 Å². The van der Waals surface area contributed by atoms with E-state index in [1.807, 2.05) is 0 Å². The average molecular weight is 402 g/mol. The van der Waals surface area contributed by atoms with Crippen LogP contribution in [-0.4, -0.2) is 32.3 Å². The summed E-state index contributed by atoms with van der Waals surface area (Å²) < 4.78 is 15.9. The van der Waals surface area contributed by atoms with Crippen molar-refractivity contribution in [2.45, 2.75) is 6.92 Å². The van der Waals surface area contributed by atoms with E-state index in [1.165, 1.54) is 7.11 Å². The first-order valence-corrected chi connectivity index (χ1v) is 7.26. The molecule has 0 aliphatic rings. The first-order valence-electron chi connectivity index (χ1n) is 4.85. The summed E-state index contributed by atoms with van der Waals surface area (Å²) in [5.74, 6) is -0.750. The fourth-order valence-corrected chi connectivity index (χ4v) is 3.19. The molecular weight excluding hydrogens is 392 g/mol. The van der Waals surface area contributed by atoms with Gasteiger partial charge in [-0.3, -0.25) is 0 Å². The molecule has 1 aromatic heterocycles. The third-order valence-corrected chi connectivity index (χ3v) is 5.15. The topological polar surface area (TPSA) is 61.8 Å². The van der Waals surface area contributed by atoms with Gasteiger partial charge in [-0.15, -0.1) is 11.3 Å².